The molecule has 0 aromatic carbocycles. The largest absolute Gasteiger partial charge is 0.311 e. The Morgan fingerprint density at radius 2 is 2.05 bits per heavy atom. The first-order valence-corrected chi connectivity index (χ1v) is 8.57. The first kappa shape index (κ1) is 15.8. The molecule has 1 aromatic heterocycles. The lowest BCUT2D eigenvalue weighted by Gasteiger charge is -2.29. The smallest absolute Gasteiger partial charge is 0.0762 e. The third-order valence-corrected chi connectivity index (χ3v) is 5.52. The van der Waals surface area contributed by atoms with Crippen LogP contribution < -0.4 is 5.32 Å². The average molecular weight is 298 g/mol. The molecule has 0 radical (unpaired) electrons. The number of halogens is 1. The number of hydrogen-bond donors (Lipinski definition) is 1. The van der Waals surface area contributed by atoms with E-state index in [9.17, 15) is 0 Å². The van der Waals surface area contributed by atoms with Gasteiger partial charge in [0.1, 0.15) is 0 Å². The second kappa shape index (κ2) is 7.46. The summed E-state index contributed by atoms with van der Waals surface area (Å²) >= 11 is 6.14. The van der Waals surface area contributed by atoms with Gasteiger partial charge in [0.25, 0.3) is 0 Å². The van der Waals surface area contributed by atoms with E-state index in [-0.39, 0.29) is 5.41 Å². The van der Waals surface area contributed by atoms with Gasteiger partial charge in [-0.2, -0.15) is 5.10 Å². The Morgan fingerprint density at radius 3 is 2.65 bits per heavy atom. The minimum atomic E-state index is 0.232. The van der Waals surface area contributed by atoms with Crippen LogP contribution in [0.15, 0.2) is 12.3 Å². The van der Waals surface area contributed by atoms with Crippen molar-refractivity contribution in [3.05, 3.63) is 18.0 Å². The lowest BCUT2D eigenvalue weighted by atomic mass is 9.84. The van der Waals surface area contributed by atoms with Gasteiger partial charge in [-0.1, -0.05) is 26.7 Å². The van der Waals surface area contributed by atoms with Crippen LogP contribution in [0, 0.1) is 5.41 Å². The molecule has 20 heavy (non-hydrogen) atoms. The highest BCUT2D eigenvalue weighted by atomic mass is 35.5. The van der Waals surface area contributed by atoms with Crippen molar-refractivity contribution < 1.29 is 0 Å². The topological polar surface area (TPSA) is 29.9 Å². The maximum Gasteiger partial charge on any atom is 0.0762 e. The normalized spacial score (nSPS) is 16.9. The second-order valence-electron chi connectivity index (χ2n) is 6.17. The predicted molar refractivity (Wildman–Crippen MR) is 85.2 cm³/mol. The third kappa shape index (κ3) is 3.76. The van der Waals surface area contributed by atoms with E-state index in [1.807, 2.05) is 0 Å². The predicted octanol–water partition coefficient (Wildman–Crippen LogP) is 4.13. The highest BCUT2D eigenvalue weighted by molar-refractivity contribution is 6.18. The monoisotopic (exact) mass is 297 g/mol. The zero-order valence-electron chi connectivity index (χ0n) is 12.9. The summed E-state index contributed by atoms with van der Waals surface area (Å²) in [6.45, 7) is 6.27. The Balaban J connectivity index is 1.82. The summed E-state index contributed by atoms with van der Waals surface area (Å²) in [6.07, 6.45) is 9.66. The summed E-state index contributed by atoms with van der Waals surface area (Å²) in [5.74, 6) is 0.726. The van der Waals surface area contributed by atoms with Crippen LogP contribution in [-0.2, 0) is 6.54 Å². The van der Waals surface area contributed by atoms with Gasteiger partial charge < -0.3 is 5.32 Å². The highest BCUT2D eigenvalue weighted by Gasteiger charge is 2.24. The number of nitrogens with zero attached hydrogens (tertiary/aromatic N) is 2. The molecule has 1 N–H and O–H groups in total. The molecule has 0 atom stereocenters. The van der Waals surface area contributed by atoms with Crippen molar-refractivity contribution in [2.45, 2.75) is 65.0 Å². The molecule has 1 heterocycles. The Morgan fingerprint density at radius 1 is 1.35 bits per heavy atom. The van der Waals surface area contributed by atoms with Crippen LogP contribution in [0.5, 0.6) is 0 Å². The molecule has 4 heteroatoms. The van der Waals surface area contributed by atoms with E-state index in [0.717, 1.165) is 37.5 Å². The minimum absolute atomic E-state index is 0.232. The third-order valence-electron chi connectivity index (χ3n) is 4.95. The standard InChI is InChI=1S/C16H28ClN3/c1-3-16(4-2,12-17)13-18-11-14-9-10-20(19-14)15-7-5-6-8-15/h9-10,15,18H,3-8,11-13H2,1-2H3. The molecule has 1 aliphatic carbocycles. The molecule has 1 fully saturated rings. The Labute approximate surface area is 128 Å². The van der Waals surface area contributed by atoms with E-state index in [4.69, 9.17) is 16.7 Å². The van der Waals surface area contributed by atoms with Crippen LogP contribution in [0.4, 0.5) is 0 Å². The Hall–Kier alpha value is -0.540. The minimum Gasteiger partial charge on any atom is -0.311 e. The fraction of sp³-hybridized carbons (Fsp3) is 0.812. The number of rotatable bonds is 8. The van der Waals surface area contributed by atoms with E-state index in [2.05, 4.69) is 36.1 Å². The molecule has 3 nitrogen and oxygen atoms in total. The van der Waals surface area contributed by atoms with Crippen molar-refractivity contribution >= 4 is 11.6 Å². The van der Waals surface area contributed by atoms with E-state index in [1.165, 1.54) is 25.7 Å². The van der Waals surface area contributed by atoms with Gasteiger partial charge in [0.15, 0.2) is 0 Å². The molecule has 0 bridgehead atoms. The van der Waals surface area contributed by atoms with E-state index in [1.54, 1.807) is 0 Å². The fourth-order valence-electron chi connectivity index (χ4n) is 3.04. The van der Waals surface area contributed by atoms with Crippen LogP contribution in [0.25, 0.3) is 0 Å². The summed E-state index contributed by atoms with van der Waals surface area (Å²) in [4.78, 5) is 0. The summed E-state index contributed by atoms with van der Waals surface area (Å²) in [7, 11) is 0. The van der Waals surface area contributed by atoms with Crippen LogP contribution in [0.1, 0.15) is 64.1 Å². The quantitative estimate of drug-likeness (QED) is 0.731. The molecule has 0 saturated heterocycles. The van der Waals surface area contributed by atoms with Crippen LogP contribution in [0.3, 0.4) is 0 Å². The zero-order chi connectivity index (χ0) is 14.4. The summed E-state index contributed by atoms with van der Waals surface area (Å²) in [5.41, 5.74) is 1.38. The van der Waals surface area contributed by atoms with E-state index >= 15 is 0 Å². The zero-order valence-corrected chi connectivity index (χ0v) is 13.6. The van der Waals surface area contributed by atoms with Crippen molar-refractivity contribution in [3.8, 4) is 0 Å². The number of alkyl halides is 1. The van der Waals surface area contributed by atoms with Crippen LogP contribution in [0.2, 0.25) is 0 Å². The first-order chi connectivity index (χ1) is 9.73. The molecule has 2 rings (SSSR count). The van der Waals surface area contributed by atoms with Crippen molar-refractivity contribution in [2.24, 2.45) is 5.41 Å². The van der Waals surface area contributed by atoms with Gasteiger partial charge in [-0.3, -0.25) is 4.68 Å². The Bertz CT molecular complexity index is 384. The highest BCUT2D eigenvalue weighted by Crippen LogP contribution is 2.29. The molecular weight excluding hydrogens is 270 g/mol. The van der Waals surface area contributed by atoms with Crippen LogP contribution >= 0.6 is 11.6 Å². The molecule has 1 aliphatic rings. The molecule has 114 valence electrons. The van der Waals surface area contributed by atoms with Gasteiger partial charge in [-0.05, 0) is 37.2 Å². The molecule has 0 unspecified atom stereocenters. The van der Waals surface area contributed by atoms with Gasteiger partial charge in [-0.15, -0.1) is 11.6 Å². The van der Waals surface area contributed by atoms with Gasteiger partial charge in [0.2, 0.25) is 0 Å². The maximum atomic E-state index is 6.14. The molecule has 0 aliphatic heterocycles. The Kier molecular flexibility index (Phi) is 5.91. The van der Waals surface area contributed by atoms with Crippen LogP contribution in [-0.4, -0.2) is 22.2 Å². The summed E-state index contributed by atoms with van der Waals surface area (Å²) < 4.78 is 2.17. The summed E-state index contributed by atoms with van der Waals surface area (Å²) in [6, 6.07) is 2.78. The molecule has 1 saturated carbocycles. The van der Waals surface area contributed by atoms with E-state index in [0.29, 0.717) is 6.04 Å². The maximum absolute atomic E-state index is 6.14. The lowest BCUT2D eigenvalue weighted by Crippen LogP contribution is -2.34. The van der Waals surface area contributed by atoms with Gasteiger partial charge in [-0.25, -0.2) is 0 Å². The summed E-state index contributed by atoms with van der Waals surface area (Å²) in [5, 5.41) is 8.25. The lowest BCUT2D eigenvalue weighted by molar-refractivity contribution is 0.285. The van der Waals surface area contributed by atoms with Crippen molar-refractivity contribution in [1.29, 1.82) is 0 Å². The number of aromatic nitrogens is 2. The van der Waals surface area contributed by atoms with Crippen molar-refractivity contribution in [3.63, 3.8) is 0 Å². The van der Waals surface area contributed by atoms with Gasteiger partial charge >= 0.3 is 0 Å². The number of nitrogens with one attached hydrogen (secondary N) is 1. The SMILES string of the molecule is CCC(CC)(CCl)CNCc1ccn(C2CCCC2)n1. The average Bonchev–Trinajstić information content (AvgIpc) is 3.15. The first-order valence-electron chi connectivity index (χ1n) is 8.03. The number of hydrogen-bond acceptors (Lipinski definition) is 2. The molecule has 1 aromatic rings. The van der Waals surface area contributed by atoms with Crippen molar-refractivity contribution in [1.82, 2.24) is 15.1 Å². The van der Waals surface area contributed by atoms with Crippen molar-refractivity contribution in [2.75, 3.05) is 12.4 Å². The van der Waals surface area contributed by atoms with E-state index < -0.39 is 0 Å². The fourth-order valence-corrected chi connectivity index (χ4v) is 3.51. The molecule has 0 spiro atoms. The second-order valence-corrected chi connectivity index (χ2v) is 6.44. The van der Waals surface area contributed by atoms with Gasteiger partial charge in [0, 0.05) is 25.2 Å². The molecule has 0 amide bonds. The molecular formula is C16H28ClN3. The van der Waals surface area contributed by atoms with Gasteiger partial charge in [0.05, 0.1) is 11.7 Å².